The standard InChI is InChI=1S/C14H20O6/c1-9(2)12(17)20-7-6-14(13(18)19)5-3-4-10(8-14)11(15)16/h10H,1,3-8H2,2H3,(H,15,16)(H,18,19). The van der Waals surface area contributed by atoms with Crippen molar-refractivity contribution >= 4 is 17.9 Å². The van der Waals surface area contributed by atoms with Crippen molar-refractivity contribution in [2.75, 3.05) is 6.61 Å². The summed E-state index contributed by atoms with van der Waals surface area (Å²) in [4.78, 5) is 33.8. The summed E-state index contributed by atoms with van der Waals surface area (Å²) >= 11 is 0. The van der Waals surface area contributed by atoms with Crippen molar-refractivity contribution in [3.8, 4) is 0 Å². The number of ether oxygens (including phenoxy) is 1. The smallest absolute Gasteiger partial charge is 0.333 e. The van der Waals surface area contributed by atoms with Gasteiger partial charge in [-0.25, -0.2) is 4.79 Å². The molecule has 0 spiro atoms. The Kier molecular flexibility index (Phi) is 5.30. The molecule has 0 bridgehead atoms. The molecule has 6 nitrogen and oxygen atoms in total. The largest absolute Gasteiger partial charge is 0.481 e. The molecule has 2 N–H and O–H groups in total. The molecule has 0 aromatic heterocycles. The average molecular weight is 284 g/mol. The maximum absolute atomic E-state index is 11.5. The molecule has 0 aliphatic heterocycles. The summed E-state index contributed by atoms with van der Waals surface area (Å²) in [6, 6.07) is 0. The molecule has 1 fully saturated rings. The zero-order valence-corrected chi connectivity index (χ0v) is 11.6. The average Bonchev–Trinajstić information content (AvgIpc) is 2.38. The zero-order chi connectivity index (χ0) is 15.3. The number of hydrogen-bond acceptors (Lipinski definition) is 4. The summed E-state index contributed by atoms with van der Waals surface area (Å²) in [7, 11) is 0. The van der Waals surface area contributed by atoms with Crippen molar-refractivity contribution in [3.05, 3.63) is 12.2 Å². The fourth-order valence-corrected chi connectivity index (χ4v) is 2.56. The van der Waals surface area contributed by atoms with Crippen molar-refractivity contribution in [3.63, 3.8) is 0 Å². The summed E-state index contributed by atoms with van der Waals surface area (Å²) in [5.74, 6) is -3.18. The Balaban J connectivity index is 2.68. The van der Waals surface area contributed by atoms with Crippen LogP contribution >= 0.6 is 0 Å². The second kappa shape index (κ2) is 6.54. The van der Waals surface area contributed by atoms with Crippen LogP contribution in [0.3, 0.4) is 0 Å². The monoisotopic (exact) mass is 284 g/mol. The highest BCUT2D eigenvalue weighted by Crippen LogP contribution is 2.42. The molecule has 20 heavy (non-hydrogen) atoms. The van der Waals surface area contributed by atoms with Gasteiger partial charge in [0, 0.05) is 5.57 Å². The quantitative estimate of drug-likeness (QED) is 0.570. The van der Waals surface area contributed by atoms with Crippen LogP contribution in [0.4, 0.5) is 0 Å². The highest BCUT2D eigenvalue weighted by Gasteiger charge is 2.44. The van der Waals surface area contributed by atoms with Crippen LogP contribution in [0.5, 0.6) is 0 Å². The van der Waals surface area contributed by atoms with Gasteiger partial charge in [-0.15, -0.1) is 0 Å². The SMILES string of the molecule is C=C(C)C(=O)OCCC1(C(=O)O)CCCC(C(=O)O)C1. The van der Waals surface area contributed by atoms with Gasteiger partial charge in [-0.3, -0.25) is 9.59 Å². The lowest BCUT2D eigenvalue weighted by Gasteiger charge is -2.35. The van der Waals surface area contributed by atoms with Crippen molar-refractivity contribution in [2.24, 2.45) is 11.3 Å². The predicted octanol–water partition coefficient (Wildman–Crippen LogP) is 1.84. The Bertz CT molecular complexity index is 427. The van der Waals surface area contributed by atoms with Crippen molar-refractivity contribution < 1.29 is 29.3 Å². The fourth-order valence-electron chi connectivity index (χ4n) is 2.56. The van der Waals surface area contributed by atoms with Gasteiger partial charge in [-0.2, -0.15) is 0 Å². The van der Waals surface area contributed by atoms with Crippen LogP contribution in [-0.2, 0) is 19.1 Å². The number of esters is 1. The van der Waals surface area contributed by atoms with E-state index in [9.17, 15) is 19.5 Å². The third-order valence-electron chi connectivity index (χ3n) is 3.81. The maximum Gasteiger partial charge on any atom is 0.333 e. The molecule has 0 saturated heterocycles. The molecule has 1 aliphatic carbocycles. The van der Waals surface area contributed by atoms with Crippen molar-refractivity contribution in [1.82, 2.24) is 0 Å². The number of carboxylic acid groups (broad SMARTS) is 2. The van der Waals surface area contributed by atoms with E-state index >= 15 is 0 Å². The molecule has 0 amide bonds. The molecule has 0 aromatic carbocycles. The Morgan fingerprint density at radius 1 is 1.35 bits per heavy atom. The number of rotatable bonds is 6. The number of hydrogen-bond donors (Lipinski definition) is 2. The molecule has 1 rings (SSSR count). The van der Waals surface area contributed by atoms with Crippen molar-refractivity contribution in [1.29, 1.82) is 0 Å². The zero-order valence-electron chi connectivity index (χ0n) is 11.6. The van der Waals surface area contributed by atoms with Gasteiger partial charge in [0.1, 0.15) is 0 Å². The second-order valence-corrected chi connectivity index (χ2v) is 5.38. The van der Waals surface area contributed by atoms with Gasteiger partial charge >= 0.3 is 17.9 Å². The van der Waals surface area contributed by atoms with Gasteiger partial charge in [0.25, 0.3) is 0 Å². The summed E-state index contributed by atoms with van der Waals surface area (Å²) < 4.78 is 4.93. The van der Waals surface area contributed by atoms with Gasteiger partial charge in [0.15, 0.2) is 0 Å². The predicted molar refractivity (Wildman–Crippen MR) is 70.1 cm³/mol. The Hall–Kier alpha value is -1.85. The molecule has 1 saturated carbocycles. The lowest BCUT2D eigenvalue weighted by Crippen LogP contribution is -2.39. The molecule has 0 aromatic rings. The van der Waals surface area contributed by atoms with Crippen LogP contribution in [0.25, 0.3) is 0 Å². The summed E-state index contributed by atoms with van der Waals surface area (Å²) in [5, 5.41) is 18.5. The normalized spacial score (nSPS) is 25.8. The fraction of sp³-hybridized carbons (Fsp3) is 0.643. The summed E-state index contributed by atoms with van der Waals surface area (Å²) in [6.45, 7) is 4.91. The minimum absolute atomic E-state index is 0.0374. The van der Waals surface area contributed by atoms with Crippen LogP contribution in [-0.4, -0.2) is 34.7 Å². The lowest BCUT2D eigenvalue weighted by atomic mass is 9.68. The second-order valence-electron chi connectivity index (χ2n) is 5.38. The molecular formula is C14H20O6. The van der Waals surface area contributed by atoms with E-state index in [-0.39, 0.29) is 25.0 Å². The van der Waals surface area contributed by atoms with Crippen LogP contribution in [0.2, 0.25) is 0 Å². The molecule has 6 heteroatoms. The molecule has 0 radical (unpaired) electrons. The molecule has 112 valence electrons. The van der Waals surface area contributed by atoms with Gasteiger partial charge in [-0.1, -0.05) is 13.0 Å². The first kappa shape index (κ1) is 16.2. The number of carboxylic acids is 2. The van der Waals surface area contributed by atoms with E-state index in [4.69, 9.17) is 9.84 Å². The van der Waals surface area contributed by atoms with E-state index in [0.29, 0.717) is 19.3 Å². The Labute approximate surface area is 117 Å². The van der Waals surface area contributed by atoms with Gasteiger partial charge in [-0.05, 0) is 32.6 Å². The molecular weight excluding hydrogens is 264 g/mol. The molecule has 2 atom stereocenters. The maximum atomic E-state index is 11.5. The molecule has 1 aliphatic rings. The first-order valence-electron chi connectivity index (χ1n) is 6.57. The van der Waals surface area contributed by atoms with Gasteiger partial charge in [0.2, 0.25) is 0 Å². The Morgan fingerprint density at radius 2 is 2.00 bits per heavy atom. The Morgan fingerprint density at radius 3 is 2.50 bits per heavy atom. The van der Waals surface area contributed by atoms with Crippen LogP contribution in [0, 0.1) is 11.3 Å². The minimum Gasteiger partial charge on any atom is -0.481 e. The number of carbonyl (C=O) groups is 3. The van der Waals surface area contributed by atoms with Crippen LogP contribution < -0.4 is 0 Å². The topological polar surface area (TPSA) is 101 Å². The summed E-state index contributed by atoms with van der Waals surface area (Å²) in [6.07, 6.45) is 1.68. The van der Waals surface area contributed by atoms with Crippen LogP contribution in [0.1, 0.15) is 39.0 Å². The van der Waals surface area contributed by atoms with E-state index in [1.807, 2.05) is 0 Å². The van der Waals surface area contributed by atoms with Gasteiger partial charge in [0.05, 0.1) is 17.9 Å². The first-order chi connectivity index (χ1) is 9.28. The minimum atomic E-state index is -1.11. The summed E-state index contributed by atoms with van der Waals surface area (Å²) in [5.41, 5.74) is -0.863. The van der Waals surface area contributed by atoms with Crippen LogP contribution in [0.15, 0.2) is 12.2 Å². The lowest BCUT2D eigenvalue weighted by molar-refractivity contribution is -0.159. The third kappa shape index (κ3) is 3.82. The third-order valence-corrected chi connectivity index (χ3v) is 3.81. The van der Waals surface area contributed by atoms with E-state index in [1.165, 1.54) is 6.92 Å². The molecule has 2 unspecified atom stereocenters. The number of aliphatic carboxylic acids is 2. The first-order valence-corrected chi connectivity index (χ1v) is 6.57. The number of carbonyl (C=O) groups excluding carboxylic acids is 1. The highest BCUT2D eigenvalue weighted by atomic mass is 16.5. The van der Waals surface area contributed by atoms with Crippen molar-refractivity contribution in [2.45, 2.75) is 39.0 Å². The highest BCUT2D eigenvalue weighted by molar-refractivity contribution is 5.87. The van der Waals surface area contributed by atoms with Gasteiger partial charge < -0.3 is 14.9 Å². The van der Waals surface area contributed by atoms with E-state index in [0.717, 1.165) is 0 Å². The molecule has 0 heterocycles. The van der Waals surface area contributed by atoms with E-state index in [2.05, 4.69) is 6.58 Å². The van der Waals surface area contributed by atoms with E-state index in [1.54, 1.807) is 0 Å². The van der Waals surface area contributed by atoms with E-state index < -0.39 is 29.2 Å².